The molecule has 0 fully saturated rings. The van der Waals surface area contributed by atoms with Gasteiger partial charge in [-0.3, -0.25) is 4.79 Å². The summed E-state index contributed by atoms with van der Waals surface area (Å²) in [6.07, 6.45) is -0.180. The molecule has 0 radical (unpaired) electrons. The van der Waals surface area contributed by atoms with Crippen molar-refractivity contribution in [1.82, 2.24) is 15.4 Å². The van der Waals surface area contributed by atoms with E-state index in [0.29, 0.717) is 6.54 Å². The first-order valence-electron chi connectivity index (χ1n) is 6.41. The largest absolute Gasteiger partial charge is 0.481 e. The molecule has 1 atom stereocenters. The predicted octanol–water partition coefficient (Wildman–Crippen LogP) is -0.276. The van der Waals surface area contributed by atoms with Gasteiger partial charge >= 0.3 is 12.0 Å². The van der Waals surface area contributed by atoms with Gasteiger partial charge in [-0.2, -0.15) is 0 Å². The van der Waals surface area contributed by atoms with Crippen LogP contribution in [0.2, 0.25) is 0 Å². The summed E-state index contributed by atoms with van der Waals surface area (Å²) < 4.78 is 25.0. The lowest BCUT2D eigenvalue weighted by molar-refractivity contribution is -0.137. The van der Waals surface area contributed by atoms with E-state index in [-0.39, 0.29) is 24.6 Å². The van der Waals surface area contributed by atoms with Gasteiger partial charge < -0.3 is 15.7 Å². The van der Waals surface area contributed by atoms with Crippen LogP contribution in [0.3, 0.4) is 0 Å². The summed E-state index contributed by atoms with van der Waals surface area (Å²) in [7, 11) is -3.38. The summed E-state index contributed by atoms with van der Waals surface area (Å²) >= 11 is 0. The normalized spacial score (nSPS) is 13.0. The number of hydrogen-bond donors (Lipinski definition) is 4. The van der Waals surface area contributed by atoms with Crippen LogP contribution >= 0.6 is 0 Å². The Morgan fingerprint density at radius 2 is 1.85 bits per heavy atom. The zero-order chi connectivity index (χ0) is 15.8. The second kappa shape index (κ2) is 8.75. The highest BCUT2D eigenvalue weighted by atomic mass is 32.2. The van der Waals surface area contributed by atoms with Gasteiger partial charge in [-0.05, 0) is 5.92 Å². The van der Waals surface area contributed by atoms with Crippen LogP contribution in [0.25, 0.3) is 0 Å². The van der Waals surface area contributed by atoms with Gasteiger partial charge in [0, 0.05) is 19.1 Å². The van der Waals surface area contributed by atoms with Crippen molar-refractivity contribution in [1.29, 1.82) is 0 Å². The first kappa shape index (κ1) is 18.7. The molecule has 0 aliphatic carbocycles. The van der Waals surface area contributed by atoms with E-state index in [1.54, 1.807) is 20.8 Å². The Morgan fingerprint density at radius 3 is 2.30 bits per heavy atom. The van der Waals surface area contributed by atoms with Gasteiger partial charge in [-0.25, -0.2) is 17.9 Å². The van der Waals surface area contributed by atoms with Crippen LogP contribution in [-0.4, -0.2) is 50.4 Å². The van der Waals surface area contributed by atoms with E-state index in [1.165, 1.54) is 0 Å². The molecule has 0 rings (SSSR count). The molecule has 0 saturated heterocycles. The molecular formula is C11H23N3O5S. The van der Waals surface area contributed by atoms with Crippen LogP contribution in [0.5, 0.6) is 0 Å². The molecule has 8 nitrogen and oxygen atoms in total. The summed E-state index contributed by atoms with van der Waals surface area (Å²) in [5.41, 5.74) is 0. The van der Waals surface area contributed by atoms with Gasteiger partial charge in [0.2, 0.25) is 10.0 Å². The van der Waals surface area contributed by atoms with E-state index in [4.69, 9.17) is 5.11 Å². The van der Waals surface area contributed by atoms with Gasteiger partial charge in [0.15, 0.2) is 0 Å². The third-order valence-corrected chi connectivity index (χ3v) is 4.01. The summed E-state index contributed by atoms with van der Waals surface area (Å²) in [5.74, 6) is -1.26. The molecule has 0 heterocycles. The highest BCUT2D eigenvalue weighted by molar-refractivity contribution is 7.89. The van der Waals surface area contributed by atoms with Crippen molar-refractivity contribution >= 4 is 22.0 Å². The maximum absolute atomic E-state index is 11.6. The number of rotatable bonds is 9. The number of carboxylic acid groups (broad SMARTS) is 1. The summed E-state index contributed by atoms with van der Waals surface area (Å²) in [4.78, 5) is 22.2. The number of urea groups is 1. The van der Waals surface area contributed by atoms with Crippen LogP contribution in [0.1, 0.15) is 27.2 Å². The van der Waals surface area contributed by atoms with E-state index < -0.39 is 28.1 Å². The number of carbonyl (C=O) groups is 2. The van der Waals surface area contributed by atoms with Crippen molar-refractivity contribution in [2.75, 3.05) is 18.8 Å². The van der Waals surface area contributed by atoms with Crippen LogP contribution < -0.4 is 15.4 Å². The minimum atomic E-state index is -3.38. The van der Waals surface area contributed by atoms with Crippen molar-refractivity contribution < 1.29 is 23.1 Å². The van der Waals surface area contributed by atoms with E-state index >= 15 is 0 Å². The van der Waals surface area contributed by atoms with Gasteiger partial charge in [-0.1, -0.05) is 20.8 Å². The Morgan fingerprint density at radius 1 is 1.25 bits per heavy atom. The second-order valence-corrected chi connectivity index (χ2v) is 6.59. The van der Waals surface area contributed by atoms with Gasteiger partial charge in [0.05, 0.1) is 12.2 Å². The number of hydrogen-bond acceptors (Lipinski definition) is 4. The fraction of sp³-hybridized carbons (Fsp3) is 0.818. The van der Waals surface area contributed by atoms with Crippen molar-refractivity contribution in [2.24, 2.45) is 5.92 Å². The number of carboxylic acids is 1. The van der Waals surface area contributed by atoms with E-state index in [1.807, 2.05) is 0 Å². The SMILES string of the molecule is CCNS(=O)(=O)CCNC(=O)NC(CC(=O)O)C(C)C. The topological polar surface area (TPSA) is 125 Å². The molecule has 0 bridgehead atoms. The minimum Gasteiger partial charge on any atom is -0.481 e. The first-order chi connectivity index (χ1) is 9.18. The summed E-state index contributed by atoms with van der Waals surface area (Å²) in [5, 5.41) is 13.6. The molecule has 20 heavy (non-hydrogen) atoms. The lowest BCUT2D eigenvalue weighted by atomic mass is 10.0. The lowest BCUT2D eigenvalue weighted by Gasteiger charge is -2.20. The molecule has 0 aromatic rings. The van der Waals surface area contributed by atoms with Crippen LogP contribution in [0.4, 0.5) is 4.79 Å². The molecule has 4 N–H and O–H groups in total. The van der Waals surface area contributed by atoms with Gasteiger partial charge in [0.1, 0.15) is 0 Å². The number of sulfonamides is 1. The molecule has 118 valence electrons. The highest BCUT2D eigenvalue weighted by Gasteiger charge is 2.19. The Labute approximate surface area is 119 Å². The maximum Gasteiger partial charge on any atom is 0.315 e. The zero-order valence-corrected chi connectivity index (χ0v) is 12.8. The van der Waals surface area contributed by atoms with Crippen molar-refractivity contribution in [2.45, 2.75) is 33.2 Å². The fourth-order valence-electron chi connectivity index (χ4n) is 1.45. The number of nitrogens with one attached hydrogen (secondary N) is 3. The summed E-state index contributed by atoms with van der Waals surface area (Å²) in [6.45, 7) is 5.51. The number of aliphatic carboxylic acids is 1. The predicted molar refractivity (Wildman–Crippen MR) is 74.9 cm³/mol. The van der Waals surface area contributed by atoms with Crippen LogP contribution in [0.15, 0.2) is 0 Å². The number of carbonyl (C=O) groups excluding carboxylic acids is 1. The third kappa shape index (κ3) is 8.70. The fourth-order valence-corrected chi connectivity index (χ4v) is 2.41. The monoisotopic (exact) mass is 309 g/mol. The van der Waals surface area contributed by atoms with Crippen LogP contribution in [0, 0.1) is 5.92 Å². The minimum absolute atomic E-state index is 0.0395. The zero-order valence-electron chi connectivity index (χ0n) is 12.0. The Bertz CT molecular complexity index is 422. The van der Waals surface area contributed by atoms with Crippen molar-refractivity contribution in [3.05, 3.63) is 0 Å². The summed E-state index contributed by atoms with van der Waals surface area (Å²) in [6, 6.07) is -1.07. The van der Waals surface area contributed by atoms with Crippen molar-refractivity contribution in [3.8, 4) is 0 Å². The maximum atomic E-state index is 11.6. The first-order valence-corrected chi connectivity index (χ1v) is 8.06. The molecule has 9 heteroatoms. The average Bonchev–Trinajstić information content (AvgIpc) is 2.26. The van der Waals surface area contributed by atoms with E-state index in [2.05, 4.69) is 15.4 Å². The third-order valence-electron chi connectivity index (χ3n) is 2.54. The standard InChI is InChI=1S/C11H23N3O5S/c1-4-13-20(18,19)6-5-12-11(17)14-9(8(2)3)7-10(15)16/h8-9,13H,4-7H2,1-3H3,(H,15,16)(H2,12,14,17). The Balaban J connectivity index is 4.18. The molecule has 1 unspecified atom stereocenters. The number of amides is 2. The molecule has 0 aromatic heterocycles. The average molecular weight is 309 g/mol. The Kier molecular flexibility index (Phi) is 8.16. The molecule has 0 aromatic carbocycles. The molecular weight excluding hydrogens is 286 g/mol. The van der Waals surface area contributed by atoms with E-state index in [0.717, 1.165) is 0 Å². The van der Waals surface area contributed by atoms with Crippen LogP contribution in [-0.2, 0) is 14.8 Å². The van der Waals surface area contributed by atoms with E-state index in [9.17, 15) is 18.0 Å². The van der Waals surface area contributed by atoms with Crippen molar-refractivity contribution in [3.63, 3.8) is 0 Å². The Hall–Kier alpha value is -1.35. The van der Waals surface area contributed by atoms with Gasteiger partial charge in [0.25, 0.3) is 0 Å². The quantitative estimate of drug-likeness (QED) is 0.466. The molecule has 0 saturated carbocycles. The smallest absolute Gasteiger partial charge is 0.315 e. The lowest BCUT2D eigenvalue weighted by Crippen LogP contribution is -2.46. The molecule has 0 spiro atoms. The van der Waals surface area contributed by atoms with Gasteiger partial charge in [-0.15, -0.1) is 0 Å². The molecule has 0 aliphatic rings. The second-order valence-electron chi connectivity index (χ2n) is 4.67. The molecule has 0 aliphatic heterocycles. The molecule has 2 amide bonds. The highest BCUT2D eigenvalue weighted by Crippen LogP contribution is 2.05.